The van der Waals surface area contributed by atoms with Crippen molar-refractivity contribution in [3.63, 3.8) is 0 Å². The lowest BCUT2D eigenvalue weighted by molar-refractivity contribution is -0.383. The summed E-state index contributed by atoms with van der Waals surface area (Å²) in [5.74, 6) is 0. The molecule has 7 heteroatoms. The Balaban J connectivity index is 3.11. The number of rotatable bonds is 4. The minimum Gasteiger partial charge on any atom is -0.393 e. The van der Waals surface area contributed by atoms with Gasteiger partial charge in [0.25, 0.3) is 5.69 Å². The Morgan fingerprint density at radius 2 is 2.35 bits per heavy atom. The number of nitro groups is 1. The Labute approximate surface area is 97.3 Å². The lowest BCUT2D eigenvalue weighted by Gasteiger charge is -2.03. The first-order chi connectivity index (χ1) is 8.06. The van der Waals surface area contributed by atoms with E-state index in [2.05, 4.69) is 10.0 Å². The van der Waals surface area contributed by atoms with E-state index in [9.17, 15) is 10.1 Å². The number of nitro benzene ring substituents is 1. The smallest absolute Gasteiger partial charge is 0.292 e. The number of nitrogens with two attached hydrogens (primary N) is 1. The lowest BCUT2D eigenvalue weighted by atomic mass is 10.1. The first-order valence-corrected chi connectivity index (χ1v) is 4.78. The molecule has 0 saturated heterocycles. The quantitative estimate of drug-likeness (QED) is 0.215. The third-order valence-electron chi connectivity index (χ3n) is 2.08. The van der Waals surface area contributed by atoms with Crippen molar-refractivity contribution < 1.29 is 4.92 Å². The van der Waals surface area contributed by atoms with Crippen LogP contribution in [0.2, 0.25) is 0 Å². The van der Waals surface area contributed by atoms with Gasteiger partial charge >= 0.3 is 0 Å². The van der Waals surface area contributed by atoms with Gasteiger partial charge in [0.1, 0.15) is 5.69 Å². The molecule has 1 aromatic carbocycles. The molecular formula is C10H11N5O2. The SMILES string of the molecule is Cc1cc(C=CCN=[N+]=[N-])c(N)c([N+](=O)[O-])c1. The molecule has 88 valence electrons. The van der Waals surface area contributed by atoms with Gasteiger partial charge in [-0.05, 0) is 24.1 Å². The second-order valence-electron chi connectivity index (χ2n) is 3.36. The Hall–Kier alpha value is -2.53. The Kier molecular flexibility index (Phi) is 4.08. The lowest BCUT2D eigenvalue weighted by Crippen LogP contribution is -1.98. The fourth-order valence-corrected chi connectivity index (χ4v) is 1.36. The maximum Gasteiger partial charge on any atom is 0.292 e. The van der Waals surface area contributed by atoms with E-state index in [1.807, 2.05) is 0 Å². The van der Waals surface area contributed by atoms with Crippen molar-refractivity contribution in [1.29, 1.82) is 0 Å². The van der Waals surface area contributed by atoms with Crippen LogP contribution in [0.15, 0.2) is 23.3 Å². The van der Waals surface area contributed by atoms with E-state index in [4.69, 9.17) is 11.3 Å². The van der Waals surface area contributed by atoms with E-state index in [1.165, 1.54) is 6.07 Å². The molecule has 0 amide bonds. The molecule has 0 atom stereocenters. The number of anilines is 1. The van der Waals surface area contributed by atoms with E-state index >= 15 is 0 Å². The molecule has 17 heavy (non-hydrogen) atoms. The van der Waals surface area contributed by atoms with Gasteiger partial charge in [-0.3, -0.25) is 10.1 Å². The molecule has 0 aliphatic rings. The summed E-state index contributed by atoms with van der Waals surface area (Å²) in [7, 11) is 0. The van der Waals surface area contributed by atoms with Crippen molar-refractivity contribution in [2.45, 2.75) is 6.92 Å². The number of nitrogens with zero attached hydrogens (tertiary/aromatic N) is 4. The highest BCUT2D eigenvalue weighted by atomic mass is 16.6. The highest BCUT2D eigenvalue weighted by molar-refractivity contribution is 5.74. The average Bonchev–Trinajstić information content (AvgIpc) is 2.28. The zero-order valence-corrected chi connectivity index (χ0v) is 9.20. The maximum atomic E-state index is 10.7. The van der Waals surface area contributed by atoms with Gasteiger partial charge in [-0.25, -0.2) is 0 Å². The van der Waals surface area contributed by atoms with Gasteiger partial charge in [-0.2, -0.15) is 0 Å². The molecule has 0 aliphatic carbocycles. The summed E-state index contributed by atoms with van der Waals surface area (Å²) in [4.78, 5) is 12.8. The van der Waals surface area contributed by atoms with Crippen LogP contribution in [0.1, 0.15) is 11.1 Å². The fourth-order valence-electron chi connectivity index (χ4n) is 1.36. The zero-order chi connectivity index (χ0) is 12.8. The normalized spacial score (nSPS) is 10.2. The van der Waals surface area contributed by atoms with E-state index in [1.54, 1.807) is 25.1 Å². The van der Waals surface area contributed by atoms with Crippen molar-refractivity contribution in [2.75, 3.05) is 12.3 Å². The van der Waals surface area contributed by atoms with Crippen molar-refractivity contribution in [3.8, 4) is 0 Å². The standard InChI is InChI=1S/C10H11N5O2/c1-7-5-8(3-2-4-13-14-12)10(11)9(6-7)15(16)17/h2-3,5-6H,4,11H2,1H3. The Morgan fingerprint density at radius 3 is 2.94 bits per heavy atom. The van der Waals surface area contributed by atoms with Crippen LogP contribution < -0.4 is 5.73 Å². The van der Waals surface area contributed by atoms with Gasteiger partial charge in [-0.15, -0.1) is 0 Å². The van der Waals surface area contributed by atoms with Crippen LogP contribution in [0.5, 0.6) is 0 Å². The fraction of sp³-hybridized carbons (Fsp3) is 0.200. The van der Waals surface area contributed by atoms with Crippen molar-refractivity contribution >= 4 is 17.5 Å². The number of nitrogen functional groups attached to an aromatic ring is 1. The summed E-state index contributed by atoms with van der Waals surface area (Å²) in [5.41, 5.74) is 15.0. The van der Waals surface area contributed by atoms with E-state index in [0.29, 0.717) is 5.56 Å². The summed E-state index contributed by atoms with van der Waals surface area (Å²) in [5, 5.41) is 14.1. The van der Waals surface area contributed by atoms with E-state index < -0.39 is 4.92 Å². The molecule has 0 aromatic heterocycles. The van der Waals surface area contributed by atoms with Crippen LogP contribution in [0.3, 0.4) is 0 Å². The topological polar surface area (TPSA) is 118 Å². The first-order valence-electron chi connectivity index (χ1n) is 4.78. The minimum absolute atomic E-state index is 0.109. The van der Waals surface area contributed by atoms with Gasteiger partial charge in [0.15, 0.2) is 0 Å². The molecule has 0 saturated carbocycles. The third kappa shape index (κ3) is 3.22. The molecule has 0 unspecified atom stereocenters. The Morgan fingerprint density at radius 1 is 1.65 bits per heavy atom. The van der Waals surface area contributed by atoms with Gasteiger partial charge in [-0.1, -0.05) is 17.3 Å². The number of hydrogen-bond donors (Lipinski definition) is 1. The summed E-state index contributed by atoms with van der Waals surface area (Å²) < 4.78 is 0. The molecule has 0 aliphatic heterocycles. The molecule has 7 nitrogen and oxygen atoms in total. The van der Waals surface area contributed by atoms with Crippen LogP contribution in [0.25, 0.3) is 16.5 Å². The molecule has 0 heterocycles. The summed E-state index contributed by atoms with van der Waals surface area (Å²) >= 11 is 0. The number of aryl methyl sites for hydroxylation is 1. The van der Waals surface area contributed by atoms with Crippen molar-refractivity contribution in [2.24, 2.45) is 5.11 Å². The maximum absolute atomic E-state index is 10.7. The van der Waals surface area contributed by atoms with Crippen LogP contribution in [-0.2, 0) is 0 Å². The largest absolute Gasteiger partial charge is 0.393 e. The predicted octanol–water partition coefficient (Wildman–Crippen LogP) is 2.81. The van der Waals surface area contributed by atoms with Crippen molar-refractivity contribution in [3.05, 3.63) is 49.9 Å². The van der Waals surface area contributed by atoms with Crippen LogP contribution in [0.4, 0.5) is 11.4 Å². The minimum atomic E-state index is -0.521. The average molecular weight is 233 g/mol. The second-order valence-corrected chi connectivity index (χ2v) is 3.36. The van der Waals surface area contributed by atoms with Gasteiger partial charge < -0.3 is 5.73 Å². The van der Waals surface area contributed by atoms with E-state index in [0.717, 1.165) is 5.56 Å². The van der Waals surface area contributed by atoms with Crippen LogP contribution >= 0.6 is 0 Å². The number of benzene rings is 1. The predicted molar refractivity (Wildman–Crippen MR) is 65.3 cm³/mol. The molecule has 2 N–H and O–H groups in total. The van der Waals surface area contributed by atoms with Crippen LogP contribution in [-0.4, -0.2) is 11.5 Å². The molecule has 0 bridgehead atoms. The highest BCUT2D eigenvalue weighted by Gasteiger charge is 2.14. The zero-order valence-electron chi connectivity index (χ0n) is 9.20. The number of hydrogen-bond acceptors (Lipinski definition) is 4. The second kappa shape index (κ2) is 5.53. The van der Waals surface area contributed by atoms with Gasteiger partial charge in [0.05, 0.1) is 4.92 Å². The molecule has 0 fully saturated rings. The van der Waals surface area contributed by atoms with Crippen molar-refractivity contribution in [1.82, 2.24) is 0 Å². The summed E-state index contributed by atoms with van der Waals surface area (Å²) in [6.07, 6.45) is 3.19. The van der Waals surface area contributed by atoms with Crippen LogP contribution in [0, 0.1) is 17.0 Å². The van der Waals surface area contributed by atoms with Gasteiger partial charge in [0.2, 0.25) is 0 Å². The molecule has 0 radical (unpaired) electrons. The number of azide groups is 1. The monoisotopic (exact) mass is 233 g/mol. The third-order valence-corrected chi connectivity index (χ3v) is 2.08. The Bertz CT molecular complexity index is 518. The van der Waals surface area contributed by atoms with E-state index in [-0.39, 0.29) is 17.9 Å². The molecule has 0 spiro atoms. The molecular weight excluding hydrogens is 222 g/mol. The first kappa shape index (κ1) is 12.5. The molecule has 1 aromatic rings. The van der Waals surface area contributed by atoms with Gasteiger partial charge in [0, 0.05) is 23.1 Å². The summed E-state index contributed by atoms with van der Waals surface area (Å²) in [6.45, 7) is 1.93. The molecule has 1 rings (SSSR count). The highest BCUT2D eigenvalue weighted by Crippen LogP contribution is 2.27. The summed E-state index contributed by atoms with van der Waals surface area (Å²) in [6, 6.07) is 3.15.